The van der Waals surface area contributed by atoms with Gasteiger partial charge in [-0.3, -0.25) is 14.4 Å². The lowest BCUT2D eigenvalue weighted by Crippen LogP contribution is -2.48. The van der Waals surface area contributed by atoms with Crippen LogP contribution in [0.25, 0.3) is 0 Å². The maximum absolute atomic E-state index is 12.6. The van der Waals surface area contributed by atoms with E-state index in [0.29, 0.717) is 13.1 Å². The number of carboxylic acid groups (broad SMARTS) is 1. The molecule has 2 amide bonds. The number of ether oxygens (including phenoxy) is 1. The van der Waals surface area contributed by atoms with E-state index in [-0.39, 0.29) is 29.8 Å². The number of hydrogen-bond acceptors (Lipinski definition) is 5. The lowest BCUT2D eigenvalue weighted by molar-refractivity contribution is -0.139. The third-order valence-corrected chi connectivity index (χ3v) is 5.03. The third kappa shape index (κ3) is 4.62. The fourth-order valence-corrected chi connectivity index (χ4v) is 3.44. The zero-order chi connectivity index (χ0) is 20.3. The molecule has 1 aliphatic carbocycles. The molecule has 1 aromatic rings. The van der Waals surface area contributed by atoms with Gasteiger partial charge in [0.1, 0.15) is 23.6 Å². The molecule has 0 unspecified atom stereocenters. The van der Waals surface area contributed by atoms with Crippen LogP contribution in [0, 0.1) is 12.8 Å². The molecule has 28 heavy (non-hydrogen) atoms. The van der Waals surface area contributed by atoms with Crippen LogP contribution >= 0.6 is 0 Å². The average Bonchev–Trinajstić information content (AvgIpc) is 2.61. The summed E-state index contributed by atoms with van der Waals surface area (Å²) in [4.78, 5) is 36.8. The molecule has 0 bridgehead atoms. The van der Waals surface area contributed by atoms with Gasteiger partial charge in [0.25, 0.3) is 11.8 Å². The second-order valence-corrected chi connectivity index (χ2v) is 7.29. The molecule has 3 N–H and O–H groups in total. The minimum atomic E-state index is -1.22. The number of carbonyl (C=O) groups is 3. The van der Waals surface area contributed by atoms with Crippen LogP contribution < -0.4 is 10.1 Å². The van der Waals surface area contributed by atoms with Crippen molar-refractivity contribution in [3.63, 3.8) is 0 Å². The zero-order valence-corrected chi connectivity index (χ0v) is 15.7. The normalized spacial score (nSPS) is 21.9. The first-order chi connectivity index (χ1) is 13.3. The molecule has 0 aromatic heterocycles. The van der Waals surface area contributed by atoms with E-state index in [1.807, 2.05) is 31.2 Å². The topological polar surface area (TPSA) is 116 Å². The predicted molar refractivity (Wildman–Crippen MR) is 99.8 cm³/mol. The molecule has 8 nitrogen and oxygen atoms in total. The standard InChI is InChI=1S/C20H24N2O6/c1-12-2-4-14(5-3-12)28-15-8-13(9-15)11-22-7-6-16(23)18(20(22)27)19(26)21-10-17(24)25/h2-5,13,15,23H,6-11H2,1H3,(H,21,26)(H,24,25)/t13-,15-. The number of nitrogens with one attached hydrogen (secondary N) is 1. The lowest BCUT2D eigenvalue weighted by atomic mass is 9.81. The van der Waals surface area contributed by atoms with Gasteiger partial charge in [0.05, 0.1) is 6.10 Å². The summed E-state index contributed by atoms with van der Waals surface area (Å²) in [7, 11) is 0. The molecule has 2 aliphatic rings. The van der Waals surface area contributed by atoms with Crippen LogP contribution in [0.15, 0.2) is 35.6 Å². The van der Waals surface area contributed by atoms with Gasteiger partial charge in [-0.2, -0.15) is 0 Å². The van der Waals surface area contributed by atoms with E-state index >= 15 is 0 Å². The summed E-state index contributed by atoms with van der Waals surface area (Å²) < 4.78 is 5.91. The first-order valence-corrected chi connectivity index (χ1v) is 9.28. The fourth-order valence-electron chi connectivity index (χ4n) is 3.44. The van der Waals surface area contributed by atoms with Crippen molar-refractivity contribution in [1.82, 2.24) is 10.2 Å². The Bertz CT molecular complexity index is 795. The van der Waals surface area contributed by atoms with E-state index < -0.39 is 24.3 Å². The zero-order valence-electron chi connectivity index (χ0n) is 15.7. The number of carbonyl (C=O) groups excluding carboxylic acids is 2. The first kappa shape index (κ1) is 19.7. The Kier molecular flexibility index (Phi) is 5.87. The smallest absolute Gasteiger partial charge is 0.322 e. The maximum atomic E-state index is 12.6. The number of amides is 2. The van der Waals surface area contributed by atoms with Gasteiger partial charge in [0, 0.05) is 19.5 Å². The molecule has 1 aliphatic heterocycles. The molecule has 8 heteroatoms. The number of hydrogen-bond donors (Lipinski definition) is 3. The van der Waals surface area contributed by atoms with Crippen LogP contribution in [0.1, 0.15) is 24.8 Å². The summed E-state index contributed by atoms with van der Waals surface area (Å²) in [5, 5.41) is 20.7. The molecular formula is C20H24N2O6. The average molecular weight is 388 g/mol. The van der Waals surface area contributed by atoms with E-state index in [2.05, 4.69) is 5.32 Å². The number of aliphatic hydroxyl groups excluding tert-OH is 1. The second kappa shape index (κ2) is 8.33. The minimum Gasteiger partial charge on any atom is -0.511 e. The van der Waals surface area contributed by atoms with Crippen molar-refractivity contribution in [1.29, 1.82) is 0 Å². The highest BCUT2D eigenvalue weighted by molar-refractivity contribution is 6.19. The van der Waals surface area contributed by atoms with Gasteiger partial charge in [0.2, 0.25) is 0 Å². The Morgan fingerprint density at radius 2 is 1.93 bits per heavy atom. The van der Waals surface area contributed by atoms with Crippen LogP contribution in [0.4, 0.5) is 0 Å². The monoisotopic (exact) mass is 388 g/mol. The number of carboxylic acids is 1. The summed E-state index contributed by atoms with van der Waals surface area (Å²) in [6.07, 6.45) is 1.91. The number of aliphatic hydroxyl groups is 1. The lowest BCUT2D eigenvalue weighted by Gasteiger charge is -2.39. The molecule has 1 fully saturated rings. The van der Waals surface area contributed by atoms with Crippen molar-refractivity contribution in [3.05, 3.63) is 41.2 Å². The summed E-state index contributed by atoms with van der Waals surface area (Å²) in [6, 6.07) is 7.86. The first-order valence-electron chi connectivity index (χ1n) is 9.28. The number of rotatable bonds is 7. The SMILES string of the molecule is Cc1ccc(O[C@H]2C[C@H](CN3CCC(O)=C(C(=O)NCC(=O)O)C3=O)C2)cc1. The van der Waals surface area contributed by atoms with Crippen molar-refractivity contribution in [2.24, 2.45) is 5.92 Å². The van der Waals surface area contributed by atoms with Crippen LogP contribution in [0.2, 0.25) is 0 Å². The molecule has 0 radical (unpaired) electrons. The van der Waals surface area contributed by atoms with E-state index in [4.69, 9.17) is 9.84 Å². The number of nitrogens with zero attached hydrogens (tertiary/aromatic N) is 1. The van der Waals surface area contributed by atoms with Gasteiger partial charge in [-0.05, 0) is 37.8 Å². The quantitative estimate of drug-likeness (QED) is 0.608. The van der Waals surface area contributed by atoms with Crippen LogP contribution in [0.5, 0.6) is 5.75 Å². The summed E-state index contributed by atoms with van der Waals surface area (Å²) in [6.45, 7) is 2.22. The third-order valence-electron chi connectivity index (χ3n) is 5.03. The summed E-state index contributed by atoms with van der Waals surface area (Å²) in [5.41, 5.74) is 0.807. The van der Waals surface area contributed by atoms with Crippen molar-refractivity contribution in [3.8, 4) is 5.75 Å². The van der Waals surface area contributed by atoms with Crippen molar-refractivity contribution >= 4 is 17.8 Å². The minimum absolute atomic E-state index is 0.106. The second-order valence-electron chi connectivity index (χ2n) is 7.29. The molecular weight excluding hydrogens is 364 g/mol. The molecule has 1 heterocycles. The molecule has 150 valence electrons. The highest BCUT2D eigenvalue weighted by Gasteiger charge is 2.37. The molecule has 1 aromatic carbocycles. The molecule has 0 atom stereocenters. The Morgan fingerprint density at radius 1 is 1.25 bits per heavy atom. The van der Waals surface area contributed by atoms with E-state index in [9.17, 15) is 19.5 Å². The highest BCUT2D eigenvalue weighted by atomic mass is 16.5. The summed E-state index contributed by atoms with van der Waals surface area (Å²) in [5.74, 6) is -1.84. The van der Waals surface area contributed by atoms with Gasteiger partial charge in [-0.1, -0.05) is 17.7 Å². The number of aliphatic carboxylic acids is 1. The largest absolute Gasteiger partial charge is 0.511 e. The van der Waals surface area contributed by atoms with Crippen LogP contribution in [-0.2, 0) is 14.4 Å². The van der Waals surface area contributed by atoms with Gasteiger partial charge in [-0.25, -0.2) is 0 Å². The maximum Gasteiger partial charge on any atom is 0.322 e. The van der Waals surface area contributed by atoms with Gasteiger partial charge < -0.3 is 25.2 Å². The molecule has 1 saturated carbocycles. The van der Waals surface area contributed by atoms with Gasteiger partial charge >= 0.3 is 5.97 Å². The number of benzene rings is 1. The van der Waals surface area contributed by atoms with Gasteiger partial charge in [0.15, 0.2) is 0 Å². The Morgan fingerprint density at radius 3 is 2.57 bits per heavy atom. The Balaban J connectivity index is 1.50. The van der Waals surface area contributed by atoms with Crippen LogP contribution in [-0.4, -0.2) is 58.6 Å². The number of aryl methyl sites for hydroxylation is 1. The van der Waals surface area contributed by atoms with Crippen LogP contribution in [0.3, 0.4) is 0 Å². The molecule has 0 saturated heterocycles. The predicted octanol–water partition coefficient (Wildman–Crippen LogP) is 1.40. The van der Waals surface area contributed by atoms with E-state index in [1.54, 1.807) is 4.90 Å². The fraction of sp³-hybridized carbons (Fsp3) is 0.450. The van der Waals surface area contributed by atoms with Crippen molar-refractivity contribution < 1.29 is 29.3 Å². The van der Waals surface area contributed by atoms with Crippen molar-refractivity contribution in [2.45, 2.75) is 32.3 Å². The van der Waals surface area contributed by atoms with E-state index in [1.165, 1.54) is 5.56 Å². The van der Waals surface area contributed by atoms with E-state index in [0.717, 1.165) is 18.6 Å². The Hall–Kier alpha value is -3.03. The highest BCUT2D eigenvalue weighted by Crippen LogP contribution is 2.33. The molecule has 0 spiro atoms. The summed E-state index contributed by atoms with van der Waals surface area (Å²) >= 11 is 0. The molecule has 3 rings (SSSR count). The van der Waals surface area contributed by atoms with Crippen molar-refractivity contribution in [2.75, 3.05) is 19.6 Å². The Labute approximate surface area is 162 Å². The van der Waals surface area contributed by atoms with Gasteiger partial charge in [-0.15, -0.1) is 0 Å².